The molecule has 0 amide bonds. The van der Waals surface area contributed by atoms with Gasteiger partial charge in [0.15, 0.2) is 6.61 Å². The number of aryl methyl sites for hydroxylation is 1. The molecule has 0 saturated heterocycles. The molecule has 4 aromatic rings. The van der Waals surface area contributed by atoms with Crippen molar-refractivity contribution in [2.24, 2.45) is 0 Å². The Kier molecular flexibility index (Phi) is 5.85. The van der Waals surface area contributed by atoms with E-state index in [1.807, 2.05) is 19.1 Å². The molecule has 4 rings (SSSR count). The van der Waals surface area contributed by atoms with Crippen LogP contribution >= 0.6 is 0 Å². The average molecular weight is 433 g/mol. The highest BCUT2D eigenvalue weighted by Crippen LogP contribution is 2.25. The number of benzene rings is 2. The molecule has 7 nitrogen and oxygen atoms in total. The van der Waals surface area contributed by atoms with Crippen molar-refractivity contribution in [1.82, 2.24) is 20.1 Å². The Balaban J connectivity index is 1.43. The quantitative estimate of drug-likeness (QED) is 0.424. The highest BCUT2D eigenvalue weighted by Gasteiger charge is 2.15. The van der Waals surface area contributed by atoms with Crippen molar-refractivity contribution < 1.29 is 13.7 Å². The molecule has 0 spiro atoms. The minimum atomic E-state index is -0.348. The van der Waals surface area contributed by atoms with Crippen LogP contribution in [0.5, 0.6) is 5.88 Å². The summed E-state index contributed by atoms with van der Waals surface area (Å²) < 4.78 is 24.5. The van der Waals surface area contributed by atoms with Crippen LogP contribution in [0.25, 0.3) is 11.4 Å². The molecule has 0 bridgehead atoms. The highest BCUT2D eigenvalue weighted by atomic mass is 19.1. The number of nitrogens with zero attached hydrogens (tertiary/aromatic N) is 4. The topological polar surface area (TPSA) is 86.0 Å². The summed E-state index contributed by atoms with van der Waals surface area (Å²) in [4.78, 5) is 13.0. The van der Waals surface area contributed by atoms with Gasteiger partial charge < -0.3 is 14.6 Å². The summed E-state index contributed by atoms with van der Waals surface area (Å²) in [5.74, 6) is 1.12. The van der Waals surface area contributed by atoms with E-state index < -0.39 is 0 Å². The van der Waals surface area contributed by atoms with Crippen molar-refractivity contribution in [3.8, 4) is 17.3 Å². The number of ether oxygens (including phenoxy) is 1. The van der Waals surface area contributed by atoms with Crippen molar-refractivity contribution in [1.29, 1.82) is 0 Å². The average Bonchev–Trinajstić information content (AvgIpc) is 3.20. The van der Waals surface area contributed by atoms with E-state index in [-0.39, 0.29) is 17.8 Å². The maximum absolute atomic E-state index is 13.4. The minimum Gasteiger partial charge on any atom is -0.467 e. The lowest BCUT2D eigenvalue weighted by molar-refractivity contribution is 0.235. The Morgan fingerprint density at radius 2 is 1.78 bits per heavy atom. The molecule has 0 unspecified atom stereocenters. The summed E-state index contributed by atoms with van der Waals surface area (Å²) >= 11 is 0. The minimum absolute atomic E-state index is 0.0585. The molecule has 0 aliphatic heterocycles. The number of rotatable bonds is 6. The molecule has 8 heteroatoms. The lowest BCUT2D eigenvalue weighted by atomic mass is 9.87. The normalized spacial score (nSPS) is 11.4. The van der Waals surface area contributed by atoms with E-state index in [4.69, 9.17) is 9.26 Å². The second-order valence-electron chi connectivity index (χ2n) is 8.43. The third-order valence-electron chi connectivity index (χ3n) is 4.73. The molecule has 32 heavy (non-hydrogen) atoms. The SMILES string of the molecule is Cc1cc(OCc2nc(-c3ccc(C(C)(C)C)cc3)no2)nc(Nc2cccc(F)c2)n1. The van der Waals surface area contributed by atoms with Gasteiger partial charge in [-0.1, -0.05) is 56.3 Å². The lowest BCUT2D eigenvalue weighted by Crippen LogP contribution is -2.10. The van der Waals surface area contributed by atoms with Crippen molar-refractivity contribution in [3.05, 3.63) is 77.6 Å². The Morgan fingerprint density at radius 1 is 1.00 bits per heavy atom. The number of anilines is 2. The zero-order chi connectivity index (χ0) is 22.7. The Bertz CT molecular complexity index is 1220. The van der Waals surface area contributed by atoms with E-state index in [2.05, 4.69) is 58.3 Å². The van der Waals surface area contributed by atoms with E-state index in [9.17, 15) is 4.39 Å². The van der Waals surface area contributed by atoms with Crippen LogP contribution in [0.2, 0.25) is 0 Å². The molecule has 0 radical (unpaired) electrons. The van der Waals surface area contributed by atoms with Gasteiger partial charge in [-0.05, 0) is 36.1 Å². The standard InChI is InChI=1S/C24H24FN5O2/c1-15-12-20(29-23(26-15)27-19-7-5-6-18(25)13-19)31-14-21-28-22(30-32-21)16-8-10-17(11-9-16)24(2,3)4/h5-13H,14H2,1-4H3,(H,26,27,29). The van der Waals surface area contributed by atoms with Crippen molar-refractivity contribution in [2.75, 3.05) is 5.32 Å². The molecule has 0 aliphatic rings. The van der Waals surface area contributed by atoms with E-state index in [1.165, 1.54) is 17.7 Å². The number of nitrogens with one attached hydrogen (secondary N) is 1. The molecule has 2 heterocycles. The van der Waals surface area contributed by atoms with Gasteiger partial charge in [0.2, 0.25) is 17.7 Å². The third-order valence-corrected chi connectivity index (χ3v) is 4.73. The van der Waals surface area contributed by atoms with Crippen LogP contribution < -0.4 is 10.1 Å². The number of hydrogen-bond donors (Lipinski definition) is 1. The van der Waals surface area contributed by atoms with E-state index in [0.29, 0.717) is 34.9 Å². The predicted octanol–water partition coefficient (Wildman–Crippen LogP) is 5.59. The third kappa shape index (κ3) is 5.26. The van der Waals surface area contributed by atoms with Gasteiger partial charge in [-0.15, -0.1) is 0 Å². The molecule has 0 atom stereocenters. The van der Waals surface area contributed by atoms with Crippen LogP contribution in [0.1, 0.15) is 37.9 Å². The zero-order valence-corrected chi connectivity index (χ0v) is 18.4. The van der Waals surface area contributed by atoms with E-state index in [0.717, 1.165) is 5.56 Å². The predicted molar refractivity (Wildman–Crippen MR) is 119 cm³/mol. The first-order valence-electron chi connectivity index (χ1n) is 10.2. The molecular weight excluding hydrogens is 409 g/mol. The fourth-order valence-corrected chi connectivity index (χ4v) is 3.05. The highest BCUT2D eigenvalue weighted by molar-refractivity contribution is 5.55. The first-order valence-corrected chi connectivity index (χ1v) is 10.2. The van der Waals surface area contributed by atoms with Crippen LogP contribution in [-0.4, -0.2) is 20.1 Å². The molecule has 2 aromatic heterocycles. The van der Waals surface area contributed by atoms with Gasteiger partial charge in [-0.3, -0.25) is 0 Å². The summed E-state index contributed by atoms with van der Waals surface area (Å²) in [6.45, 7) is 8.37. The smallest absolute Gasteiger partial charge is 0.264 e. The Labute approximate surface area is 185 Å². The van der Waals surface area contributed by atoms with Crippen LogP contribution in [0, 0.1) is 12.7 Å². The lowest BCUT2D eigenvalue weighted by Gasteiger charge is -2.18. The summed E-state index contributed by atoms with van der Waals surface area (Å²) in [6, 6.07) is 15.9. The maximum atomic E-state index is 13.4. The monoisotopic (exact) mass is 433 g/mol. The Hall–Kier alpha value is -3.81. The summed E-state index contributed by atoms with van der Waals surface area (Å²) in [5.41, 5.74) is 3.41. The maximum Gasteiger partial charge on any atom is 0.264 e. The summed E-state index contributed by atoms with van der Waals surface area (Å²) in [7, 11) is 0. The van der Waals surface area contributed by atoms with E-state index in [1.54, 1.807) is 18.2 Å². The van der Waals surface area contributed by atoms with Crippen LogP contribution in [0.15, 0.2) is 59.1 Å². The Morgan fingerprint density at radius 3 is 2.50 bits per heavy atom. The van der Waals surface area contributed by atoms with Gasteiger partial charge in [0.05, 0.1) is 0 Å². The number of halogens is 1. The second kappa shape index (κ2) is 8.74. The molecule has 2 aromatic carbocycles. The number of aromatic nitrogens is 4. The van der Waals surface area contributed by atoms with Gasteiger partial charge >= 0.3 is 0 Å². The number of hydrogen-bond acceptors (Lipinski definition) is 7. The van der Waals surface area contributed by atoms with Gasteiger partial charge in [0.1, 0.15) is 5.82 Å². The van der Waals surface area contributed by atoms with Gasteiger partial charge in [0.25, 0.3) is 5.89 Å². The first-order chi connectivity index (χ1) is 15.3. The van der Waals surface area contributed by atoms with Crippen LogP contribution in [0.4, 0.5) is 16.0 Å². The zero-order valence-electron chi connectivity index (χ0n) is 18.4. The summed E-state index contributed by atoms with van der Waals surface area (Å²) in [5, 5.41) is 7.01. The van der Waals surface area contributed by atoms with E-state index >= 15 is 0 Å². The fourth-order valence-electron chi connectivity index (χ4n) is 3.05. The molecular formula is C24H24FN5O2. The van der Waals surface area contributed by atoms with Gasteiger partial charge in [-0.2, -0.15) is 9.97 Å². The van der Waals surface area contributed by atoms with Crippen molar-refractivity contribution in [3.63, 3.8) is 0 Å². The molecule has 0 aliphatic carbocycles. The van der Waals surface area contributed by atoms with Crippen LogP contribution in [-0.2, 0) is 12.0 Å². The fraction of sp³-hybridized carbons (Fsp3) is 0.250. The van der Waals surface area contributed by atoms with Crippen molar-refractivity contribution >= 4 is 11.6 Å². The largest absolute Gasteiger partial charge is 0.467 e. The molecule has 1 N–H and O–H groups in total. The van der Waals surface area contributed by atoms with Gasteiger partial charge in [-0.25, -0.2) is 9.37 Å². The molecule has 164 valence electrons. The van der Waals surface area contributed by atoms with Crippen molar-refractivity contribution in [2.45, 2.75) is 39.7 Å². The first kappa shape index (κ1) is 21.4. The molecule has 0 saturated carbocycles. The molecule has 0 fully saturated rings. The second-order valence-corrected chi connectivity index (χ2v) is 8.43. The van der Waals surface area contributed by atoms with Crippen LogP contribution in [0.3, 0.4) is 0 Å². The van der Waals surface area contributed by atoms with Gasteiger partial charge in [0, 0.05) is 23.0 Å². The summed E-state index contributed by atoms with van der Waals surface area (Å²) in [6.07, 6.45) is 0.